The first kappa shape index (κ1) is 20.8. The molecule has 31 heavy (non-hydrogen) atoms. The minimum absolute atomic E-state index is 0.00357. The van der Waals surface area contributed by atoms with Crippen LogP contribution < -0.4 is 15.0 Å². The van der Waals surface area contributed by atoms with Crippen molar-refractivity contribution in [2.75, 3.05) is 23.4 Å². The Kier molecular flexibility index (Phi) is 5.16. The fourth-order valence-electron chi connectivity index (χ4n) is 3.51. The number of hydrogen-bond acceptors (Lipinski definition) is 6. The molecule has 0 unspecified atom stereocenters. The number of fused-ring (bicyclic) bond motifs is 2. The first-order chi connectivity index (χ1) is 14.6. The van der Waals surface area contributed by atoms with Gasteiger partial charge < -0.3 is 19.5 Å². The average molecular weight is 422 g/mol. The summed E-state index contributed by atoms with van der Waals surface area (Å²) < 4.78 is 10.9. The lowest BCUT2D eigenvalue weighted by molar-refractivity contribution is -0.126. The van der Waals surface area contributed by atoms with Gasteiger partial charge in [-0.15, -0.1) is 0 Å². The van der Waals surface area contributed by atoms with E-state index < -0.39 is 5.41 Å². The molecule has 0 radical (unpaired) electrons. The molecule has 0 fully saturated rings. The number of nitrogens with one attached hydrogen (secondary N) is 1. The van der Waals surface area contributed by atoms with E-state index in [1.54, 1.807) is 29.2 Å². The van der Waals surface area contributed by atoms with Gasteiger partial charge in [0.15, 0.2) is 0 Å². The molecule has 2 amide bonds. The number of amides is 2. The van der Waals surface area contributed by atoms with Crippen molar-refractivity contribution in [2.24, 2.45) is 5.41 Å². The van der Waals surface area contributed by atoms with Gasteiger partial charge in [0, 0.05) is 17.3 Å². The minimum Gasteiger partial charge on any atom is -0.490 e. The number of carbonyl (C=O) groups excluding carboxylic acids is 2. The molecule has 0 aliphatic carbocycles. The van der Waals surface area contributed by atoms with E-state index in [0.717, 1.165) is 11.1 Å². The van der Waals surface area contributed by atoms with E-state index in [-0.39, 0.29) is 17.7 Å². The number of nitrogens with zero attached hydrogens (tertiary/aromatic N) is 3. The molecule has 3 heterocycles. The Morgan fingerprint density at radius 1 is 1.19 bits per heavy atom. The number of anilines is 2. The van der Waals surface area contributed by atoms with Crippen LogP contribution in [0.25, 0.3) is 11.1 Å². The predicted octanol–water partition coefficient (Wildman–Crippen LogP) is 4.37. The summed E-state index contributed by atoms with van der Waals surface area (Å²) in [7, 11) is 0. The number of aromatic nitrogens is 2. The number of carbonyl (C=O) groups is 2. The standard InChI is InChI=1S/C23H26N4O4/c1-13(2)19-16-10-14(12-24-21(16)31-26-19)20(28)25-15-6-7-18-17(11-15)27(8-9-30-18)22(29)23(3,4)5/h6-7,10-13H,8-9H2,1-5H3,(H,25,28). The van der Waals surface area contributed by atoms with Crippen molar-refractivity contribution < 1.29 is 18.8 Å². The first-order valence-electron chi connectivity index (χ1n) is 10.3. The molecule has 0 bridgehead atoms. The van der Waals surface area contributed by atoms with E-state index in [9.17, 15) is 9.59 Å². The van der Waals surface area contributed by atoms with Crippen LogP contribution in [0.5, 0.6) is 5.75 Å². The van der Waals surface area contributed by atoms with Crippen molar-refractivity contribution in [3.8, 4) is 5.75 Å². The van der Waals surface area contributed by atoms with Gasteiger partial charge in [0.1, 0.15) is 12.4 Å². The van der Waals surface area contributed by atoms with Crippen molar-refractivity contribution in [2.45, 2.75) is 40.5 Å². The van der Waals surface area contributed by atoms with Crippen LogP contribution in [0.2, 0.25) is 0 Å². The Balaban J connectivity index is 1.62. The Morgan fingerprint density at radius 3 is 2.68 bits per heavy atom. The third-order valence-electron chi connectivity index (χ3n) is 5.13. The van der Waals surface area contributed by atoms with Crippen molar-refractivity contribution in [3.63, 3.8) is 0 Å². The van der Waals surface area contributed by atoms with E-state index in [4.69, 9.17) is 9.26 Å². The second-order valence-corrected chi connectivity index (χ2v) is 8.99. The van der Waals surface area contributed by atoms with Gasteiger partial charge in [0.2, 0.25) is 5.91 Å². The fraction of sp³-hybridized carbons (Fsp3) is 0.391. The highest BCUT2D eigenvalue weighted by atomic mass is 16.5. The van der Waals surface area contributed by atoms with Crippen LogP contribution in [0.15, 0.2) is 35.0 Å². The lowest BCUT2D eigenvalue weighted by atomic mass is 9.94. The molecular formula is C23H26N4O4. The molecule has 1 aromatic carbocycles. The monoisotopic (exact) mass is 422 g/mol. The zero-order valence-electron chi connectivity index (χ0n) is 18.4. The van der Waals surface area contributed by atoms with Crippen molar-refractivity contribution >= 4 is 34.3 Å². The van der Waals surface area contributed by atoms with Crippen LogP contribution >= 0.6 is 0 Å². The van der Waals surface area contributed by atoms with E-state index in [1.165, 1.54) is 6.20 Å². The molecule has 0 saturated heterocycles. The van der Waals surface area contributed by atoms with Crippen LogP contribution in [0.1, 0.15) is 56.6 Å². The van der Waals surface area contributed by atoms with Crippen LogP contribution in [-0.4, -0.2) is 35.1 Å². The molecule has 8 nitrogen and oxygen atoms in total. The quantitative estimate of drug-likeness (QED) is 0.673. The number of pyridine rings is 1. The highest BCUT2D eigenvalue weighted by Gasteiger charge is 2.32. The molecule has 3 aromatic rings. The fourth-order valence-corrected chi connectivity index (χ4v) is 3.51. The van der Waals surface area contributed by atoms with Gasteiger partial charge in [-0.2, -0.15) is 0 Å². The van der Waals surface area contributed by atoms with Crippen LogP contribution in [0.4, 0.5) is 11.4 Å². The third kappa shape index (κ3) is 3.97. The van der Waals surface area contributed by atoms with E-state index in [2.05, 4.69) is 15.5 Å². The second kappa shape index (κ2) is 7.68. The van der Waals surface area contributed by atoms with Gasteiger partial charge >= 0.3 is 0 Å². The highest BCUT2D eigenvalue weighted by molar-refractivity contribution is 6.06. The number of rotatable bonds is 3. The predicted molar refractivity (Wildman–Crippen MR) is 118 cm³/mol. The molecular weight excluding hydrogens is 396 g/mol. The maximum atomic E-state index is 12.9. The zero-order valence-corrected chi connectivity index (χ0v) is 18.4. The molecule has 0 spiro atoms. The van der Waals surface area contributed by atoms with Gasteiger partial charge in [-0.3, -0.25) is 9.59 Å². The summed E-state index contributed by atoms with van der Waals surface area (Å²) >= 11 is 0. The second-order valence-electron chi connectivity index (χ2n) is 8.99. The van der Waals surface area contributed by atoms with Gasteiger partial charge in [0.25, 0.3) is 11.6 Å². The molecule has 0 saturated carbocycles. The summed E-state index contributed by atoms with van der Waals surface area (Å²) in [6.07, 6.45) is 1.46. The van der Waals surface area contributed by atoms with Crippen LogP contribution in [0, 0.1) is 5.41 Å². The Bertz CT molecular complexity index is 1160. The van der Waals surface area contributed by atoms with E-state index in [0.29, 0.717) is 41.6 Å². The maximum absolute atomic E-state index is 12.9. The summed E-state index contributed by atoms with van der Waals surface area (Å²) in [4.78, 5) is 31.7. The van der Waals surface area contributed by atoms with Crippen LogP contribution in [0.3, 0.4) is 0 Å². The van der Waals surface area contributed by atoms with Gasteiger partial charge in [-0.05, 0) is 30.2 Å². The molecule has 0 atom stereocenters. The Hall–Kier alpha value is -3.42. The SMILES string of the molecule is CC(C)c1noc2ncc(C(=O)Nc3ccc4c(c3)N(C(=O)C(C)(C)C)CCO4)cc12. The summed E-state index contributed by atoms with van der Waals surface area (Å²) in [5.41, 5.74) is 2.26. The molecule has 8 heteroatoms. The Labute approximate surface area is 180 Å². The highest BCUT2D eigenvalue weighted by Crippen LogP contribution is 2.36. The lowest BCUT2D eigenvalue weighted by Crippen LogP contribution is -2.44. The Morgan fingerprint density at radius 2 is 1.97 bits per heavy atom. The maximum Gasteiger partial charge on any atom is 0.257 e. The van der Waals surface area contributed by atoms with Gasteiger partial charge in [-0.25, -0.2) is 4.98 Å². The molecule has 2 aromatic heterocycles. The molecule has 1 aliphatic rings. The molecule has 4 rings (SSSR count). The third-order valence-corrected chi connectivity index (χ3v) is 5.13. The van der Waals surface area contributed by atoms with Crippen molar-refractivity contribution in [1.82, 2.24) is 10.1 Å². The van der Waals surface area contributed by atoms with Gasteiger partial charge in [0.05, 0.1) is 28.9 Å². The van der Waals surface area contributed by atoms with E-state index >= 15 is 0 Å². The normalized spacial score (nSPS) is 13.8. The smallest absolute Gasteiger partial charge is 0.257 e. The molecule has 1 N–H and O–H groups in total. The lowest BCUT2D eigenvalue weighted by Gasteiger charge is -2.34. The van der Waals surface area contributed by atoms with E-state index in [1.807, 2.05) is 34.6 Å². The van der Waals surface area contributed by atoms with Crippen LogP contribution in [-0.2, 0) is 4.79 Å². The van der Waals surface area contributed by atoms with Crippen molar-refractivity contribution in [3.05, 3.63) is 41.7 Å². The summed E-state index contributed by atoms with van der Waals surface area (Å²) in [6, 6.07) is 7.03. The number of ether oxygens (including phenoxy) is 1. The molecule has 162 valence electrons. The topological polar surface area (TPSA) is 97.6 Å². The molecule has 1 aliphatic heterocycles. The first-order valence-corrected chi connectivity index (χ1v) is 10.3. The number of benzene rings is 1. The minimum atomic E-state index is -0.526. The zero-order chi connectivity index (χ0) is 22.3. The number of hydrogen-bond donors (Lipinski definition) is 1. The average Bonchev–Trinajstić information content (AvgIpc) is 3.15. The summed E-state index contributed by atoms with van der Waals surface area (Å²) in [5.74, 6) is 0.462. The van der Waals surface area contributed by atoms with Crippen molar-refractivity contribution in [1.29, 1.82) is 0 Å². The largest absolute Gasteiger partial charge is 0.490 e. The summed E-state index contributed by atoms with van der Waals surface area (Å²) in [5, 5.41) is 7.67. The summed E-state index contributed by atoms with van der Waals surface area (Å²) in [6.45, 7) is 10.6. The van der Waals surface area contributed by atoms with Gasteiger partial charge in [-0.1, -0.05) is 39.8 Å².